The van der Waals surface area contributed by atoms with Gasteiger partial charge in [0.2, 0.25) is 0 Å². The molecule has 1 aromatic rings. The molecule has 6 nitrogen and oxygen atoms in total. The smallest absolute Gasteiger partial charge is 0.197 e. The first-order valence-corrected chi connectivity index (χ1v) is 7.68. The SMILES string of the molecule is [N-]=[N+]=Nc1ncc2n1CCCN(CC1CCCCC1)C2. The number of hydrogen-bond acceptors (Lipinski definition) is 3. The molecule has 0 saturated heterocycles. The second kappa shape index (κ2) is 6.29. The van der Waals surface area contributed by atoms with Gasteiger partial charge in [0, 0.05) is 37.3 Å². The maximum atomic E-state index is 8.57. The highest BCUT2D eigenvalue weighted by molar-refractivity contribution is 5.22. The summed E-state index contributed by atoms with van der Waals surface area (Å²) in [6, 6.07) is 0. The van der Waals surface area contributed by atoms with Crippen molar-refractivity contribution in [3.8, 4) is 0 Å². The molecule has 3 rings (SSSR count). The van der Waals surface area contributed by atoms with E-state index in [-0.39, 0.29) is 0 Å². The number of hydrogen-bond donors (Lipinski definition) is 0. The molecule has 108 valence electrons. The predicted molar refractivity (Wildman–Crippen MR) is 77.5 cm³/mol. The van der Waals surface area contributed by atoms with E-state index in [0.717, 1.165) is 32.0 Å². The van der Waals surface area contributed by atoms with Crippen molar-refractivity contribution in [1.29, 1.82) is 0 Å². The van der Waals surface area contributed by atoms with Crippen LogP contribution in [0.25, 0.3) is 10.4 Å². The average molecular weight is 274 g/mol. The number of fused-ring (bicyclic) bond motifs is 1. The van der Waals surface area contributed by atoms with Crippen LogP contribution in [0.5, 0.6) is 0 Å². The van der Waals surface area contributed by atoms with Crippen LogP contribution in [0.4, 0.5) is 5.95 Å². The van der Waals surface area contributed by atoms with Crippen LogP contribution in [0, 0.1) is 5.92 Å². The number of azide groups is 1. The van der Waals surface area contributed by atoms with Gasteiger partial charge in [0.25, 0.3) is 0 Å². The second-order valence-electron chi connectivity index (χ2n) is 5.98. The van der Waals surface area contributed by atoms with Crippen LogP contribution in [-0.2, 0) is 13.1 Å². The zero-order valence-electron chi connectivity index (χ0n) is 11.9. The van der Waals surface area contributed by atoms with Gasteiger partial charge in [0.1, 0.15) is 0 Å². The summed E-state index contributed by atoms with van der Waals surface area (Å²) in [6.07, 6.45) is 9.96. The molecule has 0 unspecified atom stereocenters. The summed E-state index contributed by atoms with van der Waals surface area (Å²) < 4.78 is 2.07. The molecule has 1 saturated carbocycles. The molecule has 0 spiro atoms. The van der Waals surface area contributed by atoms with E-state index in [1.54, 1.807) is 0 Å². The van der Waals surface area contributed by atoms with Gasteiger partial charge in [-0.1, -0.05) is 19.3 Å². The van der Waals surface area contributed by atoms with Crippen molar-refractivity contribution in [3.63, 3.8) is 0 Å². The van der Waals surface area contributed by atoms with Crippen LogP contribution < -0.4 is 0 Å². The van der Waals surface area contributed by atoms with Gasteiger partial charge in [-0.15, -0.1) is 0 Å². The fourth-order valence-electron chi connectivity index (χ4n) is 3.54. The van der Waals surface area contributed by atoms with E-state index in [9.17, 15) is 0 Å². The fourth-order valence-corrected chi connectivity index (χ4v) is 3.54. The lowest BCUT2D eigenvalue weighted by molar-refractivity contribution is 0.196. The Labute approximate surface area is 119 Å². The Morgan fingerprint density at radius 1 is 1.25 bits per heavy atom. The zero-order valence-corrected chi connectivity index (χ0v) is 11.9. The van der Waals surface area contributed by atoms with E-state index >= 15 is 0 Å². The lowest BCUT2D eigenvalue weighted by atomic mass is 9.89. The summed E-state index contributed by atoms with van der Waals surface area (Å²) in [4.78, 5) is 9.64. The summed E-state index contributed by atoms with van der Waals surface area (Å²) in [5.74, 6) is 1.39. The van der Waals surface area contributed by atoms with Crippen molar-refractivity contribution in [1.82, 2.24) is 14.5 Å². The molecule has 2 heterocycles. The standard InChI is InChI=1S/C14H22N6/c15-18-17-14-16-9-13-11-19(7-4-8-20(13)14)10-12-5-2-1-3-6-12/h9,12H,1-8,10-11H2. The Balaban J connectivity index is 1.68. The molecule has 1 aromatic heterocycles. The normalized spacial score (nSPS) is 21.0. The monoisotopic (exact) mass is 274 g/mol. The highest BCUT2D eigenvalue weighted by Crippen LogP contribution is 2.26. The van der Waals surface area contributed by atoms with Crippen LogP contribution >= 0.6 is 0 Å². The average Bonchev–Trinajstić information content (AvgIpc) is 2.72. The molecule has 1 fully saturated rings. The van der Waals surface area contributed by atoms with Crippen molar-refractivity contribution >= 4 is 5.95 Å². The van der Waals surface area contributed by atoms with E-state index in [4.69, 9.17) is 5.53 Å². The molecule has 6 heteroatoms. The Morgan fingerprint density at radius 3 is 2.90 bits per heavy atom. The largest absolute Gasteiger partial charge is 0.325 e. The molecule has 0 aromatic carbocycles. The minimum absolute atomic E-state index is 0.516. The Kier molecular flexibility index (Phi) is 4.23. The first-order valence-electron chi connectivity index (χ1n) is 7.68. The van der Waals surface area contributed by atoms with Crippen LogP contribution in [0.15, 0.2) is 11.3 Å². The van der Waals surface area contributed by atoms with Crippen molar-refractivity contribution in [2.24, 2.45) is 11.0 Å². The first kappa shape index (κ1) is 13.5. The molecule has 1 aliphatic heterocycles. The molecule has 0 N–H and O–H groups in total. The van der Waals surface area contributed by atoms with Crippen LogP contribution in [0.2, 0.25) is 0 Å². The molecule has 2 aliphatic rings. The third-order valence-electron chi connectivity index (χ3n) is 4.53. The molecular formula is C14H22N6. The first-order chi connectivity index (χ1) is 9.86. The molecule has 20 heavy (non-hydrogen) atoms. The van der Waals surface area contributed by atoms with Gasteiger partial charge in [-0.3, -0.25) is 4.90 Å². The molecule has 0 bridgehead atoms. The minimum Gasteiger partial charge on any atom is -0.325 e. The summed E-state index contributed by atoms with van der Waals surface area (Å²) in [6.45, 7) is 4.19. The minimum atomic E-state index is 0.516. The van der Waals surface area contributed by atoms with Gasteiger partial charge in [-0.05, 0) is 35.8 Å². The van der Waals surface area contributed by atoms with Gasteiger partial charge in [-0.2, -0.15) is 0 Å². The lowest BCUT2D eigenvalue weighted by Gasteiger charge is -2.28. The van der Waals surface area contributed by atoms with Crippen molar-refractivity contribution < 1.29 is 0 Å². The Morgan fingerprint density at radius 2 is 2.10 bits per heavy atom. The molecule has 0 atom stereocenters. The van der Waals surface area contributed by atoms with E-state index in [1.807, 2.05) is 6.20 Å². The second-order valence-corrected chi connectivity index (χ2v) is 5.98. The quantitative estimate of drug-likeness (QED) is 0.480. The highest BCUT2D eigenvalue weighted by atomic mass is 15.3. The molecule has 0 radical (unpaired) electrons. The van der Waals surface area contributed by atoms with E-state index in [0.29, 0.717) is 5.95 Å². The molecule has 1 aliphatic carbocycles. The van der Waals surface area contributed by atoms with Gasteiger partial charge in [-0.25, -0.2) is 4.98 Å². The fraction of sp³-hybridized carbons (Fsp3) is 0.786. The van der Waals surface area contributed by atoms with Crippen LogP contribution in [-0.4, -0.2) is 27.5 Å². The van der Waals surface area contributed by atoms with E-state index in [2.05, 4.69) is 24.5 Å². The molecular weight excluding hydrogens is 252 g/mol. The Hall–Kier alpha value is -1.52. The number of imidazole rings is 1. The number of nitrogens with zero attached hydrogens (tertiary/aromatic N) is 6. The van der Waals surface area contributed by atoms with E-state index in [1.165, 1.54) is 44.3 Å². The van der Waals surface area contributed by atoms with Crippen molar-refractivity contribution in [2.45, 2.75) is 51.6 Å². The summed E-state index contributed by atoms with van der Waals surface area (Å²) in [5, 5.41) is 3.68. The van der Waals surface area contributed by atoms with Gasteiger partial charge < -0.3 is 4.57 Å². The maximum absolute atomic E-state index is 8.57. The van der Waals surface area contributed by atoms with Crippen LogP contribution in [0.3, 0.4) is 0 Å². The molecule has 0 amide bonds. The van der Waals surface area contributed by atoms with Crippen LogP contribution in [0.1, 0.15) is 44.2 Å². The van der Waals surface area contributed by atoms with Gasteiger partial charge >= 0.3 is 0 Å². The van der Waals surface area contributed by atoms with Gasteiger partial charge in [0.15, 0.2) is 5.95 Å². The van der Waals surface area contributed by atoms with Crippen molar-refractivity contribution in [2.75, 3.05) is 13.1 Å². The van der Waals surface area contributed by atoms with E-state index < -0.39 is 0 Å². The summed E-state index contributed by atoms with van der Waals surface area (Å²) in [5.41, 5.74) is 9.75. The maximum Gasteiger partial charge on any atom is 0.197 e. The number of rotatable bonds is 3. The lowest BCUT2D eigenvalue weighted by Crippen LogP contribution is -2.30. The summed E-state index contributed by atoms with van der Waals surface area (Å²) >= 11 is 0. The highest BCUT2D eigenvalue weighted by Gasteiger charge is 2.21. The topological polar surface area (TPSA) is 69.8 Å². The van der Waals surface area contributed by atoms with Crippen molar-refractivity contribution in [3.05, 3.63) is 22.3 Å². The third kappa shape index (κ3) is 2.97. The third-order valence-corrected chi connectivity index (χ3v) is 4.53. The Bertz CT molecular complexity index is 496. The predicted octanol–water partition coefficient (Wildman–Crippen LogP) is 3.61. The number of aromatic nitrogens is 2. The zero-order chi connectivity index (χ0) is 13.8. The summed E-state index contributed by atoms with van der Waals surface area (Å²) in [7, 11) is 0. The van der Waals surface area contributed by atoms with Gasteiger partial charge in [0.05, 0.1) is 5.69 Å².